The van der Waals surface area contributed by atoms with E-state index in [0.29, 0.717) is 0 Å². The zero-order valence-corrected chi connectivity index (χ0v) is 12.4. The summed E-state index contributed by atoms with van der Waals surface area (Å²) in [5.74, 6) is -0.336. The third kappa shape index (κ3) is 2.46. The maximum atomic E-state index is 9.74. The summed E-state index contributed by atoms with van der Waals surface area (Å²) in [6.45, 7) is 8.63. The first-order valence-corrected chi connectivity index (χ1v) is 7.89. The van der Waals surface area contributed by atoms with E-state index < -0.39 is 0 Å². The highest BCUT2D eigenvalue weighted by atomic mass is 16.7. The molecule has 5 heteroatoms. The van der Waals surface area contributed by atoms with Crippen molar-refractivity contribution in [1.29, 1.82) is 5.26 Å². The minimum Gasteiger partial charge on any atom is -0.347 e. The molecule has 0 unspecified atom stereocenters. The summed E-state index contributed by atoms with van der Waals surface area (Å²) in [5, 5.41) is 9.74. The second-order valence-corrected chi connectivity index (χ2v) is 6.17. The Morgan fingerprint density at radius 1 is 1.00 bits per heavy atom. The van der Waals surface area contributed by atoms with E-state index in [1.165, 1.54) is 0 Å². The highest BCUT2D eigenvalue weighted by Gasteiger charge is 2.46. The first-order valence-electron chi connectivity index (χ1n) is 7.89. The van der Waals surface area contributed by atoms with E-state index in [4.69, 9.17) is 9.47 Å². The number of nitrogens with zero attached hydrogens (tertiary/aromatic N) is 3. The average Bonchev–Trinajstić information content (AvgIpc) is 2.96. The Kier molecular flexibility index (Phi) is 4.00. The van der Waals surface area contributed by atoms with E-state index in [1.54, 1.807) is 0 Å². The normalized spacial score (nSPS) is 30.4. The molecule has 0 radical (unpaired) electrons. The molecular formula is C15H25N3O2. The van der Waals surface area contributed by atoms with Crippen molar-refractivity contribution >= 4 is 0 Å². The minimum absolute atomic E-state index is 0.258. The fourth-order valence-electron chi connectivity index (χ4n) is 3.80. The predicted molar refractivity (Wildman–Crippen MR) is 75.1 cm³/mol. The van der Waals surface area contributed by atoms with E-state index in [0.717, 1.165) is 71.6 Å². The van der Waals surface area contributed by atoms with Crippen LogP contribution in [0.5, 0.6) is 0 Å². The highest BCUT2D eigenvalue weighted by Crippen LogP contribution is 2.37. The molecule has 0 bridgehead atoms. The summed E-state index contributed by atoms with van der Waals surface area (Å²) >= 11 is 0. The van der Waals surface area contributed by atoms with E-state index in [-0.39, 0.29) is 11.3 Å². The zero-order chi connectivity index (χ0) is 14.1. The van der Waals surface area contributed by atoms with Crippen molar-refractivity contribution in [2.45, 2.75) is 43.9 Å². The van der Waals surface area contributed by atoms with Crippen molar-refractivity contribution in [2.75, 3.05) is 45.9 Å². The van der Waals surface area contributed by atoms with E-state index >= 15 is 0 Å². The first kappa shape index (κ1) is 14.3. The highest BCUT2D eigenvalue weighted by molar-refractivity contribution is 5.12. The van der Waals surface area contributed by atoms with Crippen molar-refractivity contribution in [3.8, 4) is 6.07 Å². The summed E-state index contributed by atoms with van der Waals surface area (Å²) < 4.78 is 11.6. The molecule has 112 valence electrons. The molecule has 0 amide bonds. The zero-order valence-electron chi connectivity index (χ0n) is 12.4. The van der Waals surface area contributed by atoms with Gasteiger partial charge in [0.1, 0.15) is 5.54 Å². The van der Waals surface area contributed by atoms with Crippen LogP contribution in [0.3, 0.4) is 0 Å². The van der Waals surface area contributed by atoms with Crippen LogP contribution in [0.1, 0.15) is 32.6 Å². The van der Waals surface area contributed by atoms with Crippen LogP contribution in [0.4, 0.5) is 0 Å². The summed E-state index contributed by atoms with van der Waals surface area (Å²) in [5.41, 5.74) is -0.258. The molecule has 3 saturated heterocycles. The van der Waals surface area contributed by atoms with Crippen molar-refractivity contribution in [3.63, 3.8) is 0 Å². The van der Waals surface area contributed by atoms with Gasteiger partial charge in [-0.1, -0.05) is 6.92 Å². The van der Waals surface area contributed by atoms with Crippen LogP contribution in [0.15, 0.2) is 0 Å². The molecule has 0 N–H and O–H groups in total. The first-order chi connectivity index (χ1) is 9.72. The largest absolute Gasteiger partial charge is 0.347 e. The fraction of sp³-hybridized carbons (Fsp3) is 0.933. The third-order valence-electron chi connectivity index (χ3n) is 5.28. The van der Waals surface area contributed by atoms with Crippen LogP contribution in [0.2, 0.25) is 0 Å². The molecule has 3 fully saturated rings. The van der Waals surface area contributed by atoms with Gasteiger partial charge in [-0.3, -0.25) is 4.90 Å². The SMILES string of the molecule is CCN1CCC(C#N)(N2CCC3(CC2)OCCO3)CC1. The van der Waals surface area contributed by atoms with E-state index in [1.807, 2.05) is 0 Å². The molecule has 3 rings (SSSR count). The monoisotopic (exact) mass is 279 g/mol. The average molecular weight is 279 g/mol. The summed E-state index contributed by atoms with van der Waals surface area (Å²) in [6.07, 6.45) is 3.72. The van der Waals surface area contributed by atoms with E-state index in [2.05, 4.69) is 22.8 Å². The Hall–Kier alpha value is -0.670. The molecule has 3 aliphatic rings. The Morgan fingerprint density at radius 2 is 1.60 bits per heavy atom. The van der Waals surface area contributed by atoms with Crippen LogP contribution in [0, 0.1) is 11.3 Å². The number of nitriles is 1. The Bertz CT molecular complexity index is 369. The van der Waals surface area contributed by atoms with Gasteiger partial charge in [0.15, 0.2) is 5.79 Å². The lowest BCUT2D eigenvalue weighted by Gasteiger charge is -2.48. The van der Waals surface area contributed by atoms with Gasteiger partial charge in [-0.25, -0.2) is 0 Å². The summed E-state index contributed by atoms with van der Waals surface area (Å²) in [7, 11) is 0. The second-order valence-electron chi connectivity index (χ2n) is 6.17. The van der Waals surface area contributed by atoms with Gasteiger partial charge in [-0.2, -0.15) is 5.26 Å². The molecule has 0 atom stereocenters. The van der Waals surface area contributed by atoms with Crippen molar-refractivity contribution < 1.29 is 9.47 Å². The van der Waals surface area contributed by atoms with Crippen molar-refractivity contribution in [1.82, 2.24) is 9.80 Å². The molecule has 0 aliphatic carbocycles. The lowest BCUT2D eigenvalue weighted by molar-refractivity contribution is -0.191. The predicted octanol–water partition coefficient (Wildman–Crippen LogP) is 1.20. The number of piperidine rings is 2. The van der Waals surface area contributed by atoms with Crippen LogP contribution >= 0.6 is 0 Å². The maximum Gasteiger partial charge on any atom is 0.170 e. The minimum atomic E-state index is -0.336. The van der Waals surface area contributed by atoms with Crippen LogP contribution < -0.4 is 0 Å². The molecule has 20 heavy (non-hydrogen) atoms. The van der Waals surface area contributed by atoms with Crippen molar-refractivity contribution in [3.05, 3.63) is 0 Å². The number of rotatable bonds is 2. The van der Waals surface area contributed by atoms with Crippen LogP contribution in [-0.2, 0) is 9.47 Å². The van der Waals surface area contributed by atoms with Gasteiger partial charge in [0.05, 0.1) is 19.3 Å². The smallest absolute Gasteiger partial charge is 0.170 e. The number of likely N-dealkylation sites (tertiary alicyclic amines) is 2. The Labute approximate surface area is 121 Å². The number of hydrogen-bond acceptors (Lipinski definition) is 5. The van der Waals surface area contributed by atoms with E-state index in [9.17, 15) is 5.26 Å². The molecule has 3 heterocycles. The lowest BCUT2D eigenvalue weighted by Crippen LogP contribution is -2.59. The van der Waals surface area contributed by atoms with Crippen LogP contribution in [0.25, 0.3) is 0 Å². The van der Waals surface area contributed by atoms with Gasteiger partial charge in [0, 0.05) is 39.0 Å². The topological polar surface area (TPSA) is 48.7 Å². The van der Waals surface area contributed by atoms with Gasteiger partial charge < -0.3 is 14.4 Å². The standard InChI is InChI=1S/C15H25N3O2/c1-2-17-7-3-14(13-16,4-8-17)18-9-5-15(6-10-18)19-11-12-20-15/h2-12H2,1H3. The van der Waals surface area contributed by atoms with Gasteiger partial charge in [-0.05, 0) is 19.4 Å². The lowest BCUT2D eigenvalue weighted by atomic mass is 9.85. The third-order valence-corrected chi connectivity index (χ3v) is 5.28. The molecule has 3 aliphatic heterocycles. The van der Waals surface area contributed by atoms with Gasteiger partial charge >= 0.3 is 0 Å². The molecule has 0 saturated carbocycles. The molecule has 5 nitrogen and oxygen atoms in total. The Balaban J connectivity index is 1.62. The summed E-state index contributed by atoms with van der Waals surface area (Å²) in [4.78, 5) is 4.82. The van der Waals surface area contributed by atoms with Gasteiger partial charge in [-0.15, -0.1) is 0 Å². The van der Waals surface area contributed by atoms with Gasteiger partial charge in [0.2, 0.25) is 0 Å². The summed E-state index contributed by atoms with van der Waals surface area (Å²) in [6, 6.07) is 2.63. The molecule has 0 aromatic carbocycles. The number of hydrogen-bond donors (Lipinski definition) is 0. The fourth-order valence-corrected chi connectivity index (χ4v) is 3.80. The molecule has 1 spiro atoms. The molecule has 0 aromatic heterocycles. The Morgan fingerprint density at radius 3 is 2.10 bits per heavy atom. The van der Waals surface area contributed by atoms with Crippen LogP contribution in [-0.4, -0.2) is 67.1 Å². The number of ether oxygens (including phenoxy) is 2. The maximum absolute atomic E-state index is 9.74. The second kappa shape index (κ2) is 5.61. The quantitative estimate of drug-likeness (QED) is 0.760. The molecular weight excluding hydrogens is 254 g/mol. The van der Waals surface area contributed by atoms with Crippen molar-refractivity contribution in [2.24, 2.45) is 0 Å². The molecule has 0 aromatic rings. The van der Waals surface area contributed by atoms with Gasteiger partial charge in [0.25, 0.3) is 0 Å².